The first kappa shape index (κ1) is 28.3. The van der Waals surface area contributed by atoms with E-state index in [-0.39, 0.29) is 17.4 Å². The summed E-state index contributed by atoms with van der Waals surface area (Å²) in [5.41, 5.74) is 2.18. The van der Waals surface area contributed by atoms with Crippen molar-refractivity contribution in [3.63, 3.8) is 0 Å². The van der Waals surface area contributed by atoms with E-state index in [0.717, 1.165) is 21.4 Å². The smallest absolute Gasteiger partial charge is 0.272 e. The lowest BCUT2D eigenvalue weighted by Crippen LogP contribution is -2.30. The number of nitrogens with one attached hydrogen (secondary N) is 3. The Bertz CT molecular complexity index is 1760. The monoisotopic (exact) mass is 575 g/mol. The first-order valence-corrected chi connectivity index (χ1v) is 14.1. The van der Waals surface area contributed by atoms with E-state index in [4.69, 9.17) is 0 Å². The van der Waals surface area contributed by atoms with Crippen molar-refractivity contribution in [1.82, 2.24) is 5.32 Å². The van der Waals surface area contributed by atoms with Gasteiger partial charge in [-0.3, -0.25) is 14.4 Å². The van der Waals surface area contributed by atoms with E-state index in [9.17, 15) is 18.8 Å². The number of halogens is 1. The molecule has 0 saturated carbocycles. The van der Waals surface area contributed by atoms with Gasteiger partial charge in [0.2, 0.25) is 5.91 Å². The minimum Gasteiger partial charge on any atom is -0.325 e. The van der Waals surface area contributed by atoms with Crippen LogP contribution in [0, 0.1) is 5.82 Å². The molecular formula is C34H26FN3O3S. The molecule has 6 nitrogen and oxygen atoms in total. The molecule has 8 heteroatoms. The minimum atomic E-state index is -0.543. The largest absolute Gasteiger partial charge is 0.325 e. The van der Waals surface area contributed by atoms with Gasteiger partial charge in [-0.2, -0.15) is 0 Å². The molecule has 0 unspecified atom stereocenters. The summed E-state index contributed by atoms with van der Waals surface area (Å²) in [4.78, 5) is 39.3. The molecule has 0 aliphatic carbocycles. The molecule has 0 heterocycles. The minimum absolute atomic E-state index is 0.000672. The van der Waals surface area contributed by atoms with Crippen LogP contribution in [0.15, 0.2) is 132 Å². The second-order valence-corrected chi connectivity index (χ2v) is 10.4. The number of fused-ring (bicyclic) bond motifs is 1. The average Bonchev–Trinajstić information content (AvgIpc) is 3.01. The molecule has 5 rings (SSSR count). The number of carbonyl (C=O) groups excluding carboxylic acids is 3. The molecule has 0 fully saturated rings. The molecule has 0 aromatic heterocycles. The maximum atomic E-state index is 13.4. The molecule has 0 bridgehead atoms. The number of anilines is 2. The third-order valence-electron chi connectivity index (χ3n) is 6.23. The number of amides is 3. The summed E-state index contributed by atoms with van der Waals surface area (Å²) in [6.07, 6.45) is 1.48. The topological polar surface area (TPSA) is 87.3 Å². The van der Waals surface area contributed by atoms with Gasteiger partial charge >= 0.3 is 0 Å². The third kappa shape index (κ3) is 7.71. The Labute approximate surface area is 246 Å². The average molecular weight is 576 g/mol. The van der Waals surface area contributed by atoms with Crippen molar-refractivity contribution in [3.8, 4) is 0 Å². The van der Waals surface area contributed by atoms with Crippen LogP contribution in [-0.2, 0) is 9.59 Å². The fourth-order valence-corrected chi connectivity index (χ4v) is 4.81. The molecule has 0 saturated heterocycles. The van der Waals surface area contributed by atoms with Gasteiger partial charge in [-0.25, -0.2) is 4.39 Å². The Morgan fingerprint density at radius 3 is 2.10 bits per heavy atom. The normalized spacial score (nSPS) is 11.1. The molecule has 0 aliphatic heterocycles. The van der Waals surface area contributed by atoms with E-state index in [1.165, 1.54) is 42.1 Å². The van der Waals surface area contributed by atoms with E-state index < -0.39 is 17.6 Å². The van der Waals surface area contributed by atoms with Crippen molar-refractivity contribution in [2.24, 2.45) is 0 Å². The lowest BCUT2D eigenvalue weighted by Gasteiger charge is -2.12. The number of hydrogen-bond acceptors (Lipinski definition) is 4. The molecule has 5 aromatic carbocycles. The van der Waals surface area contributed by atoms with Crippen molar-refractivity contribution in [3.05, 3.63) is 144 Å². The fourth-order valence-electron chi connectivity index (χ4n) is 4.11. The molecule has 0 spiro atoms. The standard InChI is InChI=1S/C34H26FN3O3S/c35-27-13-10-23(11-14-27)20-31(38-33(40)25-7-2-1-3-8-25)34(41)37-28-16-18-30(19-17-28)42-22-32(39)36-29-15-12-24-6-4-5-9-26(24)21-29/h1-21H,22H2,(H,36,39)(H,37,41)(H,38,40)/b31-20-. The molecule has 3 amide bonds. The fraction of sp³-hybridized carbons (Fsp3) is 0.0294. The van der Waals surface area contributed by atoms with E-state index >= 15 is 0 Å². The quantitative estimate of drug-likeness (QED) is 0.129. The summed E-state index contributed by atoms with van der Waals surface area (Å²) in [6.45, 7) is 0. The highest BCUT2D eigenvalue weighted by Crippen LogP contribution is 2.23. The highest BCUT2D eigenvalue weighted by atomic mass is 32.2. The Balaban J connectivity index is 1.20. The number of benzene rings is 5. The van der Waals surface area contributed by atoms with Crippen LogP contribution < -0.4 is 16.0 Å². The lowest BCUT2D eigenvalue weighted by molar-refractivity contribution is -0.114. The molecule has 0 radical (unpaired) electrons. The van der Waals surface area contributed by atoms with Gasteiger partial charge in [0.05, 0.1) is 5.75 Å². The summed E-state index contributed by atoms with van der Waals surface area (Å²) >= 11 is 1.37. The van der Waals surface area contributed by atoms with Gasteiger partial charge in [0.15, 0.2) is 0 Å². The lowest BCUT2D eigenvalue weighted by atomic mass is 10.1. The zero-order valence-electron chi connectivity index (χ0n) is 22.3. The number of rotatable bonds is 9. The summed E-state index contributed by atoms with van der Waals surface area (Å²) in [5, 5.41) is 10.5. The van der Waals surface area contributed by atoms with E-state index in [1.54, 1.807) is 54.6 Å². The molecule has 5 aromatic rings. The van der Waals surface area contributed by atoms with Gasteiger partial charge in [-0.1, -0.05) is 60.7 Å². The maximum absolute atomic E-state index is 13.4. The van der Waals surface area contributed by atoms with Gasteiger partial charge in [0.25, 0.3) is 11.8 Å². The Morgan fingerprint density at radius 2 is 1.36 bits per heavy atom. The van der Waals surface area contributed by atoms with Crippen LogP contribution in [0.5, 0.6) is 0 Å². The third-order valence-corrected chi connectivity index (χ3v) is 7.24. The SMILES string of the molecule is O=C(CSc1ccc(NC(=O)/C(=C/c2ccc(F)cc2)NC(=O)c2ccccc2)cc1)Nc1ccc2ccccc2c1. The summed E-state index contributed by atoms with van der Waals surface area (Å²) in [5.74, 6) is -1.31. The summed E-state index contributed by atoms with van der Waals surface area (Å²) in [7, 11) is 0. The number of hydrogen-bond donors (Lipinski definition) is 3. The molecular weight excluding hydrogens is 549 g/mol. The van der Waals surface area contributed by atoms with E-state index in [0.29, 0.717) is 16.8 Å². The van der Waals surface area contributed by atoms with Crippen LogP contribution in [0.3, 0.4) is 0 Å². The van der Waals surface area contributed by atoms with Crippen LogP contribution in [-0.4, -0.2) is 23.5 Å². The molecule has 3 N–H and O–H groups in total. The van der Waals surface area contributed by atoms with Crippen molar-refractivity contribution in [1.29, 1.82) is 0 Å². The van der Waals surface area contributed by atoms with Crippen LogP contribution in [0.2, 0.25) is 0 Å². The zero-order valence-corrected chi connectivity index (χ0v) is 23.2. The first-order valence-electron chi connectivity index (χ1n) is 13.1. The predicted molar refractivity (Wildman–Crippen MR) is 167 cm³/mol. The molecule has 0 aliphatic rings. The van der Waals surface area contributed by atoms with Crippen molar-refractivity contribution in [2.45, 2.75) is 4.90 Å². The highest BCUT2D eigenvalue weighted by molar-refractivity contribution is 8.00. The molecule has 0 atom stereocenters. The zero-order chi connectivity index (χ0) is 29.3. The van der Waals surface area contributed by atoms with Crippen LogP contribution >= 0.6 is 11.8 Å². The van der Waals surface area contributed by atoms with Crippen molar-refractivity contribution < 1.29 is 18.8 Å². The van der Waals surface area contributed by atoms with Gasteiger partial charge in [-0.05, 0) is 83.1 Å². The summed E-state index contributed by atoms with van der Waals surface area (Å²) < 4.78 is 13.4. The Hall–Kier alpha value is -5.21. The Kier molecular flexibility index (Phi) is 9.06. The van der Waals surface area contributed by atoms with E-state index in [1.807, 2.05) is 42.5 Å². The van der Waals surface area contributed by atoms with E-state index in [2.05, 4.69) is 16.0 Å². The highest BCUT2D eigenvalue weighted by Gasteiger charge is 2.15. The first-order chi connectivity index (χ1) is 20.4. The molecule has 208 valence electrons. The van der Waals surface area contributed by atoms with Gasteiger partial charge in [0.1, 0.15) is 11.5 Å². The number of carbonyl (C=O) groups is 3. The van der Waals surface area contributed by atoms with Gasteiger partial charge in [0, 0.05) is 21.8 Å². The molecule has 42 heavy (non-hydrogen) atoms. The maximum Gasteiger partial charge on any atom is 0.272 e. The van der Waals surface area contributed by atoms with Crippen molar-refractivity contribution >= 4 is 57.7 Å². The summed E-state index contributed by atoms with van der Waals surface area (Å²) in [6, 6.07) is 34.9. The van der Waals surface area contributed by atoms with Crippen LogP contribution in [0.1, 0.15) is 15.9 Å². The van der Waals surface area contributed by atoms with Crippen LogP contribution in [0.25, 0.3) is 16.8 Å². The Morgan fingerprint density at radius 1 is 0.690 bits per heavy atom. The number of thioether (sulfide) groups is 1. The predicted octanol–water partition coefficient (Wildman–Crippen LogP) is 7.12. The van der Waals surface area contributed by atoms with Gasteiger partial charge in [-0.15, -0.1) is 11.8 Å². The van der Waals surface area contributed by atoms with Gasteiger partial charge < -0.3 is 16.0 Å². The van der Waals surface area contributed by atoms with Crippen molar-refractivity contribution in [2.75, 3.05) is 16.4 Å². The van der Waals surface area contributed by atoms with Crippen LogP contribution in [0.4, 0.5) is 15.8 Å². The second-order valence-electron chi connectivity index (χ2n) is 9.31. The second kappa shape index (κ2) is 13.4.